The molecular weight excluding hydrogens is 260 g/mol. The second-order valence-electron chi connectivity index (χ2n) is 4.76. The average Bonchev–Trinajstić information content (AvgIpc) is 2.38. The van der Waals surface area contributed by atoms with E-state index in [1.807, 2.05) is 6.92 Å². The molecule has 0 bridgehead atoms. The van der Waals surface area contributed by atoms with Crippen molar-refractivity contribution in [2.45, 2.75) is 32.2 Å². The summed E-state index contributed by atoms with van der Waals surface area (Å²) >= 11 is 0. The van der Waals surface area contributed by atoms with Crippen molar-refractivity contribution in [3.05, 3.63) is 33.2 Å². The highest BCUT2D eigenvalue weighted by Gasteiger charge is 2.24. The number of pyridine rings is 1. The highest BCUT2D eigenvalue weighted by atomic mass is 16.2. The third-order valence-electron chi connectivity index (χ3n) is 3.36. The summed E-state index contributed by atoms with van der Waals surface area (Å²) in [5.41, 5.74) is 6.15. The topological polar surface area (TPSA) is 117 Å². The van der Waals surface area contributed by atoms with E-state index in [0.717, 1.165) is 30.5 Å². The first-order valence-corrected chi connectivity index (χ1v) is 6.63. The summed E-state index contributed by atoms with van der Waals surface area (Å²) in [6.07, 6.45) is 2.33. The zero-order valence-electron chi connectivity index (χ0n) is 11.3. The number of hydrogen-bond donors (Lipinski definition) is 4. The summed E-state index contributed by atoms with van der Waals surface area (Å²) in [6.45, 7) is 2.36. The lowest BCUT2D eigenvalue weighted by Gasteiger charge is -2.26. The molecule has 0 aliphatic heterocycles. The van der Waals surface area contributed by atoms with E-state index < -0.39 is 11.5 Å². The molecule has 1 atom stereocenters. The maximum absolute atomic E-state index is 11.7. The van der Waals surface area contributed by atoms with Crippen LogP contribution in [0.5, 0.6) is 0 Å². The SMILES string of the molecule is CCNC(=O)NC1CCCc2[nH]c(=O)c(C(N)=O)cc21. The number of carbonyl (C=O) groups excluding carboxylic acids is 2. The monoisotopic (exact) mass is 278 g/mol. The van der Waals surface area contributed by atoms with Crippen LogP contribution < -0.4 is 21.9 Å². The van der Waals surface area contributed by atoms with Crippen LogP contribution in [0.2, 0.25) is 0 Å². The summed E-state index contributed by atoms with van der Waals surface area (Å²) in [7, 11) is 0. The molecule has 7 nitrogen and oxygen atoms in total. The second-order valence-corrected chi connectivity index (χ2v) is 4.76. The summed E-state index contributed by atoms with van der Waals surface area (Å²) < 4.78 is 0. The van der Waals surface area contributed by atoms with Crippen LogP contribution in [0.3, 0.4) is 0 Å². The maximum Gasteiger partial charge on any atom is 0.315 e. The lowest BCUT2D eigenvalue weighted by atomic mass is 9.90. The van der Waals surface area contributed by atoms with Gasteiger partial charge in [0.05, 0.1) is 6.04 Å². The standard InChI is InChI=1S/C13H18N4O3/c1-2-15-13(20)17-10-5-3-4-9-7(10)6-8(11(14)18)12(19)16-9/h6,10H,2-5H2,1H3,(H2,14,18)(H,16,19)(H2,15,17,20). The van der Waals surface area contributed by atoms with Crippen molar-refractivity contribution in [2.24, 2.45) is 5.73 Å². The predicted octanol–water partition coefficient (Wildman–Crippen LogP) is 0.170. The van der Waals surface area contributed by atoms with Crippen LogP contribution in [0.15, 0.2) is 10.9 Å². The van der Waals surface area contributed by atoms with E-state index in [9.17, 15) is 14.4 Å². The van der Waals surface area contributed by atoms with Gasteiger partial charge in [-0.25, -0.2) is 4.79 Å². The number of nitrogens with two attached hydrogens (primary N) is 1. The Bertz CT molecular complexity index is 594. The molecule has 7 heteroatoms. The molecule has 0 fully saturated rings. The predicted molar refractivity (Wildman–Crippen MR) is 73.5 cm³/mol. The van der Waals surface area contributed by atoms with E-state index in [1.54, 1.807) is 0 Å². The lowest BCUT2D eigenvalue weighted by molar-refractivity contribution is 0.0998. The number of H-pyrrole nitrogens is 1. The van der Waals surface area contributed by atoms with Gasteiger partial charge in [-0.05, 0) is 37.8 Å². The zero-order valence-corrected chi connectivity index (χ0v) is 11.3. The van der Waals surface area contributed by atoms with Gasteiger partial charge in [-0.1, -0.05) is 0 Å². The number of fused-ring (bicyclic) bond motifs is 1. The number of aromatic nitrogens is 1. The number of primary amides is 1. The van der Waals surface area contributed by atoms with Gasteiger partial charge in [-0.2, -0.15) is 0 Å². The molecule has 108 valence electrons. The Kier molecular flexibility index (Phi) is 4.07. The van der Waals surface area contributed by atoms with Crippen molar-refractivity contribution in [3.63, 3.8) is 0 Å². The molecule has 0 radical (unpaired) electrons. The number of hydrogen-bond acceptors (Lipinski definition) is 3. The average molecular weight is 278 g/mol. The Morgan fingerprint density at radius 2 is 2.25 bits per heavy atom. The van der Waals surface area contributed by atoms with Crippen LogP contribution in [0.25, 0.3) is 0 Å². The summed E-state index contributed by atoms with van der Waals surface area (Å²) in [6, 6.07) is 1.00. The number of carbonyl (C=O) groups is 2. The van der Waals surface area contributed by atoms with Gasteiger partial charge < -0.3 is 21.4 Å². The van der Waals surface area contributed by atoms with Gasteiger partial charge in [0.15, 0.2) is 0 Å². The molecule has 0 spiro atoms. The van der Waals surface area contributed by atoms with E-state index in [-0.39, 0.29) is 17.6 Å². The van der Waals surface area contributed by atoms with Crippen molar-refractivity contribution in [2.75, 3.05) is 6.54 Å². The highest BCUT2D eigenvalue weighted by molar-refractivity contribution is 5.92. The van der Waals surface area contributed by atoms with Crippen molar-refractivity contribution >= 4 is 11.9 Å². The third-order valence-corrected chi connectivity index (χ3v) is 3.36. The number of amides is 3. The number of urea groups is 1. The van der Waals surface area contributed by atoms with Gasteiger partial charge in [0, 0.05) is 12.2 Å². The first-order valence-electron chi connectivity index (χ1n) is 6.63. The minimum absolute atomic E-state index is 0.0756. The first kappa shape index (κ1) is 14.1. The van der Waals surface area contributed by atoms with Gasteiger partial charge in [-0.3, -0.25) is 9.59 Å². The van der Waals surface area contributed by atoms with Crippen molar-refractivity contribution in [1.29, 1.82) is 0 Å². The second kappa shape index (κ2) is 5.77. The molecule has 1 aromatic rings. The van der Waals surface area contributed by atoms with E-state index in [1.165, 1.54) is 6.07 Å². The maximum atomic E-state index is 11.7. The fourth-order valence-electron chi connectivity index (χ4n) is 2.44. The highest BCUT2D eigenvalue weighted by Crippen LogP contribution is 2.28. The van der Waals surface area contributed by atoms with Gasteiger partial charge in [0.2, 0.25) is 0 Å². The molecule has 3 amide bonds. The quantitative estimate of drug-likeness (QED) is 0.631. The minimum Gasteiger partial charge on any atom is -0.365 e. The van der Waals surface area contributed by atoms with E-state index in [4.69, 9.17) is 5.73 Å². The van der Waals surface area contributed by atoms with Gasteiger partial charge >= 0.3 is 6.03 Å². The van der Waals surface area contributed by atoms with Crippen LogP contribution in [0.1, 0.15) is 47.4 Å². The fraction of sp³-hybridized carbons (Fsp3) is 0.462. The zero-order chi connectivity index (χ0) is 14.7. The minimum atomic E-state index is -0.767. The summed E-state index contributed by atoms with van der Waals surface area (Å²) in [5, 5.41) is 5.50. The molecule has 5 N–H and O–H groups in total. The third kappa shape index (κ3) is 2.81. The Labute approximate surface area is 115 Å². The van der Waals surface area contributed by atoms with E-state index >= 15 is 0 Å². The molecule has 0 saturated carbocycles. The number of aromatic amines is 1. The van der Waals surface area contributed by atoms with Crippen LogP contribution in [0, 0.1) is 0 Å². The molecule has 1 unspecified atom stereocenters. The number of nitrogens with one attached hydrogen (secondary N) is 3. The smallest absolute Gasteiger partial charge is 0.315 e. The normalized spacial score (nSPS) is 17.1. The molecule has 20 heavy (non-hydrogen) atoms. The van der Waals surface area contributed by atoms with Crippen molar-refractivity contribution in [1.82, 2.24) is 15.6 Å². The van der Waals surface area contributed by atoms with Crippen LogP contribution in [-0.4, -0.2) is 23.5 Å². The van der Waals surface area contributed by atoms with E-state index in [0.29, 0.717) is 6.54 Å². The molecule has 2 rings (SSSR count). The molecule has 0 saturated heterocycles. The summed E-state index contributed by atoms with van der Waals surface area (Å²) in [4.78, 5) is 37.3. The first-order chi connectivity index (χ1) is 9.52. The Morgan fingerprint density at radius 3 is 2.90 bits per heavy atom. The molecule has 0 aromatic carbocycles. The van der Waals surface area contributed by atoms with Crippen LogP contribution in [-0.2, 0) is 6.42 Å². The van der Waals surface area contributed by atoms with Crippen molar-refractivity contribution < 1.29 is 9.59 Å². The molecule has 1 heterocycles. The Morgan fingerprint density at radius 1 is 1.50 bits per heavy atom. The van der Waals surface area contributed by atoms with Crippen molar-refractivity contribution in [3.8, 4) is 0 Å². The Balaban J connectivity index is 2.34. The molecule has 1 aliphatic rings. The number of aryl methyl sites for hydroxylation is 1. The fourth-order valence-corrected chi connectivity index (χ4v) is 2.44. The van der Waals surface area contributed by atoms with Crippen LogP contribution in [0.4, 0.5) is 4.79 Å². The Hall–Kier alpha value is -2.31. The molecule has 1 aliphatic carbocycles. The lowest BCUT2D eigenvalue weighted by Crippen LogP contribution is -2.39. The van der Waals surface area contributed by atoms with E-state index in [2.05, 4.69) is 15.6 Å². The van der Waals surface area contributed by atoms with Gasteiger partial charge in [0.1, 0.15) is 5.56 Å². The van der Waals surface area contributed by atoms with Gasteiger partial charge in [-0.15, -0.1) is 0 Å². The molecule has 1 aromatic heterocycles. The number of rotatable bonds is 3. The summed E-state index contributed by atoms with van der Waals surface area (Å²) in [5.74, 6) is -0.767. The largest absolute Gasteiger partial charge is 0.365 e. The van der Waals surface area contributed by atoms with Gasteiger partial charge in [0.25, 0.3) is 11.5 Å². The van der Waals surface area contributed by atoms with Crippen LogP contribution >= 0.6 is 0 Å². The molecular formula is C13H18N4O3.